The molecule has 1 unspecified atom stereocenters. The number of likely N-dealkylation sites (tertiary alicyclic amines) is 1. The molecule has 2 aromatic carbocycles. The van der Waals surface area contributed by atoms with Crippen molar-refractivity contribution in [2.75, 3.05) is 26.7 Å². The maximum absolute atomic E-state index is 14.7. The number of amides is 1. The largest absolute Gasteiger partial charge is 0.381 e. The topological polar surface area (TPSA) is 85.2 Å². The average molecular weight is 453 g/mol. The van der Waals surface area contributed by atoms with Gasteiger partial charge in [-0.1, -0.05) is 12.1 Å². The molecule has 1 fully saturated rings. The number of benzene rings is 2. The second-order valence-corrected chi connectivity index (χ2v) is 8.62. The molecule has 33 heavy (non-hydrogen) atoms. The summed E-state index contributed by atoms with van der Waals surface area (Å²) < 4.78 is 21.6. The molecule has 0 saturated carbocycles. The lowest BCUT2D eigenvalue weighted by Gasteiger charge is -2.33. The van der Waals surface area contributed by atoms with E-state index in [0.717, 1.165) is 38.0 Å². The number of piperidine rings is 1. The van der Waals surface area contributed by atoms with Gasteiger partial charge in [0, 0.05) is 43.9 Å². The first kappa shape index (κ1) is 23.0. The van der Waals surface area contributed by atoms with Gasteiger partial charge in [-0.05, 0) is 72.5 Å². The highest BCUT2D eigenvalue weighted by Crippen LogP contribution is 2.27. The first-order valence-corrected chi connectivity index (χ1v) is 11.1. The molecule has 8 nitrogen and oxygen atoms in total. The predicted octanol–water partition coefficient (Wildman–Crippen LogP) is 3.01. The number of nitrogens with zero attached hydrogens (tertiary/aromatic N) is 5. The molecule has 2 heterocycles. The monoisotopic (exact) mass is 452 g/mol. The molecule has 0 radical (unpaired) electrons. The van der Waals surface area contributed by atoms with Crippen molar-refractivity contribution in [1.82, 2.24) is 30.4 Å². The van der Waals surface area contributed by atoms with Crippen molar-refractivity contribution in [2.24, 2.45) is 0 Å². The number of carbonyl (C=O) groups excluding carboxylic acids is 1. The lowest BCUT2D eigenvalue weighted by molar-refractivity contribution is 0.0387. The van der Waals surface area contributed by atoms with E-state index in [1.807, 2.05) is 19.9 Å². The molecule has 1 atom stereocenters. The van der Waals surface area contributed by atoms with Crippen molar-refractivity contribution in [2.45, 2.75) is 38.8 Å². The number of hydrogen-bond donors (Lipinski definition) is 1. The molecule has 0 bridgehead atoms. The lowest BCUT2D eigenvalue weighted by Crippen LogP contribution is -2.45. The molecule has 0 spiro atoms. The van der Waals surface area contributed by atoms with Crippen LogP contribution in [0.5, 0.6) is 0 Å². The van der Waals surface area contributed by atoms with E-state index in [-0.39, 0.29) is 17.8 Å². The minimum atomic E-state index is -0.344. The van der Waals surface area contributed by atoms with E-state index in [4.69, 9.17) is 4.74 Å². The number of hydrogen-bond acceptors (Lipinski definition) is 6. The van der Waals surface area contributed by atoms with Gasteiger partial charge in [-0.2, -0.15) is 0 Å². The van der Waals surface area contributed by atoms with Crippen LogP contribution in [0.1, 0.15) is 35.7 Å². The first-order chi connectivity index (χ1) is 15.9. The summed E-state index contributed by atoms with van der Waals surface area (Å²) >= 11 is 0. The van der Waals surface area contributed by atoms with Crippen molar-refractivity contribution < 1.29 is 13.9 Å². The Balaban J connectivity index is 1.54. The highest BCUT2D eigenvalue weighted by Gasteiger charge is 2.21. The average Bonchev–Trinajstić information content (AvgIpc) is 3.34. The SMILES string of the molecule is COC1CCN(CC(C)NC(=O)c2cc(-c3ccc(C)cc3F)cc(-n3cnnn3)c2)CC1. The Labute approximate surface area is 192 Å². The minimum absolute atomic E-state index is 0.0483. The van der Waals surface area contributed by atoms with Crippen molar-refractivity contribution in [1.29, 1.82) is 0 Å². The van der Waals surface area contributed by atoms with Gasteiger partial charge in [0.25, 0.3) is 5.91 Å². The molecule has 4 rings (SSSR count). The van der Waals surface area contributed by atoms with Gasteiger partial charge in [0.2, 0.25) is 0 Å². The van der Waals surface area contributed by atoms with Crippen molar-refractivity contribution in [3.63, 3.8) is 0 Å². The molecule has 9 heteroatoms. The van der Waals surface area contributed by atoms with Crippen LogP contribution in [0.25, 0.3) is 16.8 Å². The van der Waals surface area contributed by atoms with Crippen LogP contribution >= 0.6 is 0 Å². The first-order valence-electron chi connectivity index (χ1n) is 11.1. The summed E-state index contributed by atoms with van der Waals surface area (Å²) in [6.07, 6.45) is 3.76. The van der Waals surface area contributed by atoms with Gasteiger partial charge < -0.3 is 15.0 Å². The zero-order valence-electron chi connectivity index (χ0n) is 19.2. The quantitative estimate of drug-likeness (QED) is 0.593. The van der Waals surface area contributed by atoms with Crippen LogP contribution in [0.15, 0.2) is 42.7 Å². The van der Waals surface area contributed by atoms with Crippen molar-refractivity contribution in [3.05, 3.63) is 59.7 Å². The number of aryl methyl sites for hydroxylation is 1. The van der Waals surface area contributed by atoms with E-state index < -0.39 is 0 Å². The number of halogens is 1. The second-order valence-electron chi connectivity index (χ2n) is 8.62. The van der Waals surface area contributed by atoms with E-state index in [2.05, 4.69) is 25.7 Å². The third kappa shape index (κ3) is 5.61. The summed E-state index contributed by atoms with van der Waals surface area (Å²) in [4.78, 5) is 15.5. The van der Waals surface area contributed by atoms with E-state index >= 15 is 0 Å². The third-order valence-corrected chi connectivity index (χ3v) is 6.01. The van der Waals surface area contributed by atoms with Crippen LogP contribution in [-0.2, 0) is 4.74 Å². The molecule has 1 N–H and O–H groups in total. The Bertz CT molecular complexity index is 1100. The van der Waals surface area contributed by atoms with E-state index in [0.29, 0.717) is 28.5 Å². The molecule has 1 aromatic heterocycles. The summed E-state index contributed by atoms with van der Waals surface area (Å²) in [7, 11) is 1.75. The zero-order valence-corrected chi connectivity index (χ0v) is 19.2. The molecule has 1 saturated heterocycles. The van der Waals surface area contributed by atoms with E-state index in [9.17, 15) is 9.18 Å². The summed E-state index contributed by atoms with van der Waals surface area (Å²) in [6, 6.07) is 10.2. The van der Waals surface area contributed by atoms with E-state index in [1.54, 1.807) is 31.4 Å². The van der Waals surface area contributed by atoms with Crippen LogP contribution < -0.4 is 5.32 Å². The van der Waals surface area contributed by atoms with Crippen LogP contribution in [-0.4, -0.2) is 69.9 Å². The smallest absolute Gasteiger partial charge is 0.251 e. The molecule has 0 aliphatic carbocycles. The molecule has 3 aromatic rings. The van der Waals surface area contributed by atoms with Gasteiger partial charge >= 0.3 is 0 Å². The number of rotatable bonds is 7. The third-order valence-electron chi connectivity index (χ3n) is 6.01. The highest BCUT2D eigenvalue weighted by molar-refractivity contribution is 5.96. The number of carbonyl (C=O) groups is 1. The van der Waals surface area contributed by atoms with Crippen molar-refractivity contribution in [3.8, 4) is 16.8 Å². The van der Waals surface area contributed by atoms with Gasteiger partial charge in [0.05, 0.1) is 11.8 Å². The highest BCUT2D eigenvalue weighted by atomic mass is 19.1. The van der Waals surface area contributed by atoms with Crippen LogP contribution in [0, 0.1) is 12.7 Å². The normalized spacial score (nSPS) is 16.0. The van der Waals surface area contributed by atoms with E-state index in [1.165, 1.54) is 17.1 Å². The maximum atomic E-state index is 14.7. The van der Waals surface area contributed by atoms with Crippen LogP contribution in [0.3, 0.4) is 0 Å². The number of tetrazole rings is 1. The molecule has 1 amide bonds. The van der Waals surface area contributed by atoms with Gasteiger partial charge in [-0.25, -0.2) is 9.07 Å². The molecule has 1 aliphatic heterocycles. The predicted molar refractivity (Wildman–Crippen MR) is 123 cm³/mol. The van der Waals surface area contributed by atoms with Gasteiger partial charge in [0.15, 0.2) is 0 Å². The summed E-state index contributed by atoms with van der Waals surface area (Å²) in [5, 5.41) is 14.3. The number of aromatic nitrogens is 4. The fourth-order valence-electron chi connectivity index (χ4n) is 4.23. The number of nitrogens with one attached hydrogen (secondary N) is 1. The van der Waals surface area contributed by atoms with Crippen LogP contribution in [0.2, 0.25) is 0 Å². The molecular formula is C24H29FN6O2. The standard InChI is InChI=1S/C24H29FN6O2/c1-16-4-5-22(23(25)10-16)18-11-19(13-20(12-18)31-15-26-28-29-31)24(32)27-17(2)14-30-8-6-21(33-3)7-9-30/h4-5,10-13,15,17,21H,6-9,14H2,1-3H3,(H,27,32). The van der Waals surface area contributed by atoms with Gasteiger partial charge in [-0.15, -0.1) is 5.10 Å². The maximum Gasteiger partial charge on any atom is 0.251 e. The summed E-state index contributed by atoms with van der Waals surface area (Å²) in [6.45, 7) is 6.48. The number of methoxy groups -OCH3 is 1. The molecule has 1 aliphatic rings. The second kappa shape index (κ2) is 10.2. The Morgan fingerprint density at radius 1 is 1.24 bits per heavy atom. The fraction of sp³-hybridized carbons (Fsp3) is 0.417. The molecule has 174 valence electrons. The van der Waals surface area contributed by atoms with Crippen LogP contribution in [0.4, 0.5) is 4.39 Å². The summed E-state index contributed by atoms with van der Waals surface area (Å²) in [5.74, 6) is -0.568. The Morgan fingerprint density at radius 3 is 2.70 bits per heavy atom. The zero-order chi connectivity index (χ0) is 23.4. The Hall–Kier alpha value is -3.17. The minimum Gasteiger partial charge on any atom is -0.381 e. The lowest BCUT2D eigenvalue weighted by atomic mass is 9.99. The number of ether oxygens (including phenoxy) is 1. The summed E-state index contributed by atoms with van der Waals surface area (Å²) in [5.41, 5.74) is 2.83. The Kier molecular flexibility index (Phi) is 7.10. The fourth-order valence-corrected chi connectivity index (χ4v) is 4.23. The van der Waals surface area contributed by atoms with Gasteiger partial charge in [0.1, 0.15) is 12.1 Å². The Morgan fingerprint density at radius 2 is 2.03 bits per heavy atom. The van der Waals surface area contributed by atoms with Gasteiger partial charge in [-0.3, -0.25) is 4.79 Å². The molecular weight excluding hydrogens is 423 g/mol. The van der Waals surface area contributed by atoms with Crippen molar-refractivity contribution >= 4 is 5.91 Å².